The van der Waals surface area contributed by atoms with Crippen molar-refractivity contribution in [3.8, 4) is 0 Å². The Bertz CT molecular complexity index is 1190. The van der Waals surface area contributed by atoms with E-state index in [0.29, 0.717) is 37.2 Å². The molecule has 30 heavy (non-hydrogen) atoms. The fourth-order valence-corrected chi connectivity index (χ4v) is 5.76. The number of rotatable bonds is 2. The molecule has 0 fully saturated rings. The summed E-state index contributed by atoms with van der Waals surface area (Å²) in [7, 11) is 1.67. The summed E-state index contributed by atoms with van der Waals surface area (Å²) in [6.07, 6.45) is 2.48. The highest BCUT2D eigenvalue weighted by Crippen LogP contribution is 2.41. The predicted octanol–water partition coefficient (Wildman–Crippen LogP) is 2.87. The first-order valence-corrected chi connectivity index (χ1v) is 10.9. The quantitative estimate of drug-likeness (QED) is 0.690. The van der Waals surface area contributed by atoms with Gasteiger partial charge in [-0.05, 0) is 43.2 Å². The van der Waals surface area contributed by atoms with Crippen LogP contribution in [0.3, 0.4) is 0 Å². The van der Waals surface area contributed by atoms with E-state index in [-0.39, 0.29) is 24.3 Å². The first kappa shape index (κ1) is 18.9. The van der Waals surface area contributed by atoms with Crippen molar-refractivity contribution < 1.29 is 14.4 Å². The second kappa shape index (κ2) is 6.98. The first-order valence-electron chi connectivity index (χ1n) is 10.0. The van der Waals surface area contributed by atoms with Gasteiger partial charge in [-0.2, -0.15) is 0 Å². The Balaban J connectivity index is 1.49. The zero-order valence-corrected chi connectivity index (χ0v) is 17.7. The fraction of sp³-hybridized carbons (Fsp3) is 0.318. The van der Waals surface area contributed by atoms with Crippen molar-refractivity contribution >= 4 is 45.0 Å². The molecule has 8 heteroatoms. The first-order chi connectivity index (χ1) is 14.5. The van der Waals surface area contributed by atoms with Crippen LogP contribution in [-0.4, -0.2) is 59.2 Å². The normalized spacial score (nSPS) is 16.7. The van der Waals surface area contributed by atoms with Gasteiger partial charge < -0.3 is 19.7 Å². The standard InChI is InChI=1S/C22H22N4O3S/c1-3-26-18(27)12-24(2)21(29)19-15-7-9-25(11-17(15)30-22(19)26)20(28)14-4-5-16-13(10-14)6-8-23-16/h4-6,8,10,23H,3,7,9,11-12H2,1-2H3. The van der Waals surface area contributed by atoms with Gasteiger partial charge in [0.05, 0.1) is 12.1 Å². The van der Waals surface area contributed by atoms with Crippen molar-refractivity contribution in [2.24, 2.45) is 0 Å². The van der Waals surface area contributed by atoms with Crippen molar-refractivity contribution in [3.05, 3.63) is 52.0 Å². The largest absolute Gasteiger partial charge is 0.361 e. The molecule has 2 aliphatic heterocycles. The summed E-state index contributed by atoms with van der Waals surface area (Å²) in [5.74, 6) is -0.192. The molecule has 0 saturated carbocycles. The highest BCUT2D eigenvalue weighted by molar-refractivity contribution is 7.17. The van der Waals surface area contributed by atoms with E-state index in [1.807, 2.05) is 42.3 Å². The Hall–Kier alpha value is -3.13. The molecule has 5 rings (SSSR count). The third-order valence-electron chi connectivity index (χ3n) is 5.92. The number of nitrogens with zero attached hydrogens (tertiary/aromatic N) is 3. The number of hydrogen-bond acceptors (Lipinski definition) is 4. The van der Waals surface area contributed by atoms with Crippen LogP contribution in [0.1, 0.15) is 38.1 Å². The lowest BCUT2D eigenvalue weighted by molar-refractivity contribution is -0.118. The van der Waals surface area contributed by atoms with Gasteiger partial charge in [0, 0.05) is 47.7 Å². The monoisotopic (exact) mass is 422 g/mol. The van der Waals surface area contributed by atoms with Gasteiger partial charge in [-0.1, -0.05) is 0 Å². The molecular weight excluding hydrogens is 400 g/mol. The number of thiophene rings is 1. The third kappa shape index (κ3) is 2.82. The maximum atomic E-state index is 13.1. The number of fused-ring (bicyclic) bond motifs is 4. The average Bonchev–Trinajstić information content (AvgIpc) is 3.34. The highest BCUT2D eigenvalue weighted by atomic mass is 32.1. The van der Waals surface area contributed by atoms with Gasteiger partial charge in [-0.25, -0.2) is 0 Å². The number of carbonyl (C=O) groups excluding carboxylic acids is 3. The van der Waals surface area contributed by atoms with Crippen LogP contribution in [-0.2, 0) is 17.8 Å². The Kier molecular flexibility index (Phi) is 4.39. The predicted molar refractivity (Wildman–Crippen MR) is 116 cm³/mol. The molecule has 0 spiro atoms. The number of nitrogens with one attached hydrogen (secondary N) is 1. The Morgan fingerprint density at radius 2 is 2.03 bits per heavy atom. The molecule has 1 N–H and O–H groups in total. The zero-order chi connectivity index (χ0) is 21.0. The minimum absolute atomic E-state index is 0.0146. The summed E-state index contributed by atoms with van der Waals surface area (Å²) >= 11 is 1.47. The molecule has 0 radical (unpaired) electrons. The minimum Gasteiger partial charge on any atom is -0.361 e. The molecule has 0 unspecified atom stereocenters. The molecule has 0 bridgehead atoms. The van der Waals surface area contributed by atoms with Crippen LogP contribution in [0.15, 0.2) is 30.5 Å². The van der Waals surface area contributed by atoms with E-state index in [1.54, 1.807) is 11.9 Å². The maximum Gasteiger partial charge on any atom is 0.257 e. The minimum atomic E-state index is -0.107. The summed E-state index contributed by atoms with van der Waals surface area (Å²) < 4.78 is 0. The lowest BCUT2D eigenvalue weighted by atomic mass is 10.0. The van der Waals surface area contributed by atoms with E-state index in [0.717, 1.165) is 26.3 Å². The number of hydrogen-bond donors (Lipinski definition) is 1. The summed E-state index contributed by atoms with van der Waals surface area (Å²) in [5.41, 5.74) is 3.29. The molecule has 4 heterocycles. The third-order valence-corrected chi connectivity index (χ3v) is 7.16. The number of aromatic amines is 1. The molecule has 7 nitrogen and oxygen atoms in total. The van der Waals surface area contributed by atoms with Crippen molar-refractivity contribution in [3.63, 3.8) is 0 Å². The molecule has 1 aromatic carbocycles. The van der Waals surface area contributed by atoms with E-state index in [1.165, 1.54) is 16.2 Å². The van der Waals surface area contributed by atoms with Crippen LogP contribution < -0.4 is 4.90 Å². The van der Waals surface area contributed by atoms with Crippen molar-refractivity contribution in [1.29, 1.82) is 0 Å². The second-order valence-electron chi connectivity index (χ2n) is 7.74. The number of benzene rings is 1. The van der Waals surface area contributed by atoms with Crippen molar-refractivity contribution in [2.45, 2.75) is 19.9 Å². The van der Waals surface area contributed by atoms with Gasteiger partial charge in [0.25, 0.3) is 11.8 Å². The smallest absolute Gasteiger partial charge is 0.257 e. The summed E-state index contributed by atoms with van der Waals surface area (Å²) in [5, 5.41) is 1.73. The van der Waals surface area contributed by atoms with Gasteiger partial charge in [0.1, 0.15) is 11.5 Å². The van der Waals surface area contributed by atoms with E-state index in [4.69, 9.17) is 0 Å². The zero-order valence-electron chi connectivity index (χ0n) is 16.9. The van der Waals surface area contributed by atoms with Crippen LogP contribution in [0, 0.1) is 0 Å². The lowest BCUT2D eigenvalue weighted by Crippen LogP contribution is -2.38. The van der Waals surface area contributed by atoms with Gasteiger partial charge in [-0.3, -0.25) is 14.4 Å². The van der Waals surface area contributed by atoms with Gasteiger partial charge in [-0.15, -0.1) is 11.3 Å². The van der Waals surface area contributed by atoms with Gasteiger partial charge in [0.2, 0.25) is 5.91 Å². The van der Waals surface area contributed by atoms with Gasteiger partial charge >= 0.3 is 0 Å². The molecule has 0 aliphatic carbocycles. The van der Waals surface area contributed by atoms with E-state index in [9.17, 15) is 14.4 Å². The molecule has 154 valence electrons. The topological polar surface area (TPSA) is 76.7 Å². The van der Waals surface area contributed by atoms with E-state index >= 15 is 0 Å². The molecule has 0 atom stereocenters. The van der Waals surface area contributed by atoms with Crippen molar-refractivity contribution in [2.75, 3.05) is 31.6 Å². The fourth-order valence-electron chi connectivity index (χ4n) is 4.33. The second-order valence-corrected chi connectivity index (χ2v) is 8.82. The molecular formula is C22H22N4O3S. The van der Waals surface area contributed by atoms with Crippen LogP contribution in [0.4, 0.5) is 5.00 Å². The molecule has 0 saturated heterocycles. The number of likely N-dealkylation sites (N-methyl/N-ethyl adjacent to an activating group) is 2. The summed E-state index contributed by atoms with van der Waals surface area (Å²) in [4.78, 5) is 47.9. The molecule has 2 aliphatic rings. The van der Waals surface area contributed by atoms with E-state index < -0.39 is 0 Å². The number of aromatic nitrogens is 1. The summed E-state index contributed by atoms with van der Waals surface area (Å²) in [6.45, 7) is 3.54. The highest BCUT2D eigenvalue weighted by Gasteiger charge is 2.37. The van der Waals surface area contributed by atoms with Gasteiger partial charge in [0.15, 0.2) is 0 Å². The Morgan fingerprint density at radius 3 is 2.83 bits per heavy atom. The number of carbonyl (C=O) groups is 3. The number of H-pyrrole nitrogens is 1. The Labute approximate surface area is 177 Å². The molecule has 3 amide bonds. The van der Waals surface area contributed by atoms with E-state index in [2.05, 4.69) is 4.98 Å². The number of amides is 3. The molecule has 2 aromatic heterocycles. The van der Waals surface area contributed by atoms with Crippen LogP contribution in [0.25, 0.3) is 10.9 Å². The SMILES string of the molecule is CCN1C(=O)CN(C)C(=O)c2c1sc1c2CCN(C(=O)c2ccc3[nH]ccc3c2)C1. The average molecular weight is 423 g/mol. The maximum absolute atomic E-state index is 13.1. The van der Waals surface area contributed by atoms with Crippen LogP contribution in [0.2, 0.25) is 0 Å². The lowest BCUT2D eigenvalue weighted by Gasteiger charge is -2.27. The Morgan fingerprint density at radius 1 is 1.20 bits per heavy atom. The summed E-state index contributed by atoms with van der Waals surface area (Å²) in [6, 6.07) is 7.62. The molecule has 3 aromatic rings. The number of anilines is 1. The van der Waals surface area contributed by atoms with Crippen LogP contribution in [0.5, 0.6) is 0 Å². The van der Waals surface area contributed by atoms with Crippen molar-refractivity contribution in [1.82, 2.24) is 14.8 Å². The van der Waals surface area contributed by atoms with Crippen LogP contribution >= 0.6 is 11.3 Å².